The van der Waals surface area contributed by atoms with Crippen molar-refractivity contribution in [2.45, 2.75) is 25.8 Å². The molecular formula is C15H20N4O. The van der Waals surface area contributed by atoms with E-state index in [-0.39, 0.29) is 12.1 Å². The highest BCUT2D eigenvalue weighted by atomic mass is 16.2. The van der Waals surface area contributed by atoms with Crippen LogP contribution in [-0.2, 0) is 0 Å². The average Bonchev–Trinajstić information content (AvgIpc) is 2.44. The second-order valence-electron chi connectivity index (χ2n) is 5.32. The first-order chi connectivity index (χ1) is 9.58. The maximum Gasteiger partial charge on any atom is 0.319 e. The third kappa shape index (κ3) is 3.72. The molecule has 1 aliphatic rings. The number of aryl methyl sites for hydroxylation is 1. The lowest BCUT2D eigenvalue weighted by molar-refractivity contribution is 0.221. The van der Waals surface area contributed by atoms with Crippen molar-refractivity contribution >= 4 is 11.7 Å². The lowest BCUT2D eigenvalue weighted by Gasteiger charge is -2.29. The predicted octanol–water partition coefficient (Wildman–Crippen LogP) is 2.08. The fraction of sp³-hybridized carbons (Fsp3) is 0.467. The Morgan fingerprint density at radius 2 is 2.10 bits per heavy atom. The number of anilines is 1. The number of nitrogens with zero attached hydrogens (tertiary/aromatic N) is 2. The normalized spacial score (nSPS) is 16.4. The number of carbonyl (C=O) groups is 1. The van der Waals surface area contributed by atoms with E-state index in [4.69, 9.17) is 5.26 Å². The molecule has 5 nitrogen and oxygen atoms in total. The molecule has 1 heterocycles. The standard InChI is InChI=1S/C15H20N4O/c1-11-3-4-12(10-16)9-14(11)18-15(20)17-13-5-7-19(2)8-6-13/h3-4,9,13H,5-8H2,1-2H3,(H2,17,18,20). The molecule has 1 aromatic rings. The number of nitriles is 1. The van der Waals surface area contributed by atoms with Crippen molar-refractivity contribution in [3.8, 4) is 6.07 Å². The number of hydrogen-bond acceptors (Lipinski definition) is 3. The summed E-state index contributed by atoms with van der Waals surface area (Å²) in [5.41, 5.74) is 2.18. The van der Waals surface area contributed by atoms with Crippen molar-refractivity contribution in [2.75, 3.05) is 25.5 Å². The van der Waals surface area contributed by atoms with Crippen LogP contribution in [0.4, 0.5) is 10.5 Å². The summed E-state index contributed by atoms with van der Waals surface area (Å²) in [5, 5.41) is 14.7. The van der Waals surface area contributed by atoms with Gasteiger partial charge in [0.05, 0.1) is 11.6 Å². The first-order valence-corrected chi connectivity index (χ1v) is 6.85. The van der Waals surface area contributed by atoms with Crippen molar-refractivity contribution in [3.63, 3.8) is 0 Å². The van der Waals surface area contributed by atoms with Crippen LogP contribution in [-0.4, -0.2) is 37.1 Å². The van der Waals surface area contributed by atoms with Crippen LogP contribution in [0.25, 0.3) is 0 Å². The van der Waals surface area contributed by atoms with Crippen molar-refractivity contribution < 1.29 is 4.79 Å². The number of carbonyl (C=O) groups excluding carboxylic acids is 1. The summed E-state index contributed by atoms with van der Waals surface area (Å²) in [6, 6.07) is 7.39. The minimum Gasteiger partial charge on any atom is -0.335 e. The van der Waals surface area contributed by atoms with Gasteiger partial charge < -0.3 is 15.5 Å². The summed E-state index contributed by atoms with van der Waals surface area (Å²) < 4.78 is 0. The molecule has 106 valence electrons. The molecule has 1 aliphatic heterocycles. The van der Waals surface area contributed by atoms with Gasteiger partial charge in [-0.2, -0.15) is 5.26 Å². The molecule has 1 saturated heterocycles. The minimum atomic E-state index is -0.197. The van der Waals surface area contributed by atoms with Gasteiger partial charge in [0, 0.05) is 11.7 Å². The summed E-state index contributed by atoms with van der Waals surface area (Å²) in [5.74, 6) is 0. The molecule has 0 saturated carbocycles. The van der Waals surface area contributed by atoms with Gasteiger partial charge in [0.15, 0.2) is 0 Å². The van der Waals surface area contributed by atoms with Crippen molar-refractivity contribution in [2.24, 2.45) is 0 Å². The van der Waals surface area contributed by atoms with Crippen molar-refractivity contribution in [3.05, 3.63) is 29.3 Å². The molecule has 0 radical (unpaired) electrons. The van der Waals surface area contributed by atoms with E-state index in [1.54, 1.807) is 12.1 Å². The van der Waals surface area contributed by atoms with Crippen LogP contribution in [0.3, 0.4) is 0 Å². The molecule has 0 aliphatic carbocycles. The van der Waals surface area contributed by atoms with E-state index >= 15 is 0 Å². The minimum absolute atomic E-state index is 0.197. The van der Waals surface area contributed by atoms with E-state index in [0.29, 0.717) is 11.3 Å². The number of hydrogen-bond donors (Lipinski definition) is 2. The Balaban J connectivity index is 1.93. The Morgan fingerprint density at radius 3 is 2.75 bits per heavy atom. The molecule has 20 heavy (non-hydrogen) atoms. The highest BCUT2D eigenvalue weighted by molar-refractivity contribution is 5.90. The van der Waals surface area contributed by atoms with Crippen LogP contribution < -0.4 is 10.6 Å². The first-order valence-electron chi connectivity index (χ1n) is 6.85. The molecule has 0 atom stereocenters. The summed E-state index contributed by atoms with van der Waals surface area (Å²) in [4.78, 5) is 14.3. The number of piperidine rings is 1. The molecule has 2 rings (SSSR count). The van der Waals surface area contributed by atoms with Gasteiger partial charge in [0.2, 0.25) is 0 Å². The van der Waals surface area contributed by atoms with Gasteiger partial charge in [-0.3, -0.25) is 0 Å². The molecule has 0 aromatic heterocycles. The summed E-state index contributed by atoms with van der Waals surface area (Å²) in [7, 11) is 2.09. The zero-order valence-electron chi connectivity index (χ0n) is 11.9. The van der Waals surface area contributed by atoms with E-state index in [9.17, 15) is 4.79 Å². The maximum absolute atomic E-state index is 12.0. The molecule has 0 spiro atoms. The van der Waals surface area contributed by atoms with Crippen molar-refractivity contribution in [1.82, 2.24) is 10.2 Å². The zero-order chi connectivity index (χ0) is 14.5. The van der Waals surface area contributed by atoms with Gasteiger partial charge in [0.1, 0.15) is 0 Å². The van der Waals surface area contributed by atoms with Gasteiger partial charge in [-0.1, -0.05) is 6.07 Å². The predicted molar refractivity (Wildman–Crippen MR) is 78.6 cm³/mol. The fourth-order valence-electron chi connectivity index (χ4n) is 2.32. The van der Waals surface area contributed by atoms with E-state index in [1.165, 1.54) is 0 Å². The number of benzene rings is 1. The highest BCUT2D eigenvalue weighted by Gasteiger charge is 2.18. The smallest absolute Gasteiger partial charge is 0.319 e. The lowest BCUT2D eigenvalue weighted by Crippen LogP contribution is -2.44. The van der Waals surface area contributed by atoms with Crippen molar-refractivity contribution in [1.29, 1.82) is 5.26 Å². The largest absolute Gasteiger partial charge is 0.335 e. The van der Waals surface area contributed by atoms with Gasteiger partial charge in [-0.25, -0.2) is 4.79 Å². The summed E-state index contributed by atoms with van der Waals surface area (Å²) >= 11 is 0. The second-order valence-corrected chi connectivity index (χ2v) is 5.32. The molecule has 2 N–H and O–H groups in total. The first kappa shape index (κ1) is 14.4. The van der Waals surface area contributed by atoms with Crippen LogP contribution in [0.5, 0.6) is 0 Å². The van der Waals surface area contributed by atoms with Crippen LogP contribution in [0.15, 0.2) is 18.2 Å². The summed E-state index contributed by atoms with van der Waals surface area (Å²) in [6.45, 7) is 3.92. The molecule has 5 heteroatoms. The molecule has 2 amide bonds. The number of rotatable bonds is 2. The van der Waals surface area contributed by atoms with Crippen LogP contribution in [0, 0.1) is 18.3 Å². The molecular weight excluding hydrogens is 252 g/mol. The number of nitrogens with one attached hydrogen (secondary N) is 2. The van der Waals surface area contributed by atoms with Gasteiger partial charge in [-0.15, -0.1) is 0 Å². The Hall–Kier alpha value is -2.06. The van der Waals surface area contributed by atoms with Gasteiger partial charge in [0.25, 0.3) is 0 Å². The van der Waals surface area contributed by atoms with E-state index < -0.39 is 0 Å². The second kappa shape index (κ2) is 6.40. The maximum atomic E-state index is 12.0. The monoisotopic (exact) mass is 272 g/mol. The fourth-order valence-corrected chi connectivity index (χ4v) is 2.32. The Bertz CT molecular complexity index is 527. The lowest BCUT2D eigenvalue weighted by atomic mass is 10.1. The highest BCUT2D eigenvalue weighted by Crippen LogP contribution is 2.16. The summed E-state index contributed by atoms with van der Waals surface area (Å²) in [6.07, 6.45) is 1.95. The van der Waals surface area contributed by atoms with E-state index in [1.807, 2.05) is 13.0 Å². The zero-order valence-corrected chi connectivity index (χ0v) is 11.9. The number of urea groups is 1. The molecule has 1 fully saturated rings. The topological polar surface area (TPSA) is 68.2 Å². The average molecular weight is 272 g/mol. The molecule has 0 bridgehead atoms. The molecule has 0 unspecified atom stereocenters. The Labute approximate surface area is 119 Å². The van der Waals surface area contributed by atoms with E-state index in [2.05, 4.69) is 28.7 Å². The quantitative estimate of drug-likeness (QED) is 0.866. The van der Waals surface area contributed by atoms with E-state index in [0.717, 1.165) is 31.5 Å². The van der Waals surface area contributed by atoms with Crippen LogP contribution in [0.1, 0.15) is 24.0 Å². The molecule has 1 aromatic carbocycles. The Kier molecular flexibility index (Phi) is 4.59. The Morgan fingerprint density at radius 1 is 1.40 bits per heavy atom. The SMILES string of the molecule is Cc1ccc(C#N)cc1NC(=O)NC1CCN(C)CC1. The number of amides is 2. The van der Waals surface area contributed by atoms with Crippen LogP contribution in [0.2, 0.25) is 0 Å². The van der Waals surface area contributed by atoms with Gasteiger partial charge >= 0.3 is 6.03 Å². The third-order valence-electron chi connectivity index (χ3n) is 3.67. The van der Waals surface area contributed by atoms with Gasteiger partial charge in [-0.05, 0) is 57.6 Å². The van der Waals surface area contributed by atoms with Crippen LogP contribution >= 0.6 is 0 Å². The third-order valence-corrected chi connectivity index (χ3v) is 3.67. The number of likely N-dealkylation sites (tertiary alicyclic amines) is 1.